The molecule has 0 fully saturated rings. The van der Waals surface area contributed by atoms with E-state index in [0.29, 0.717) is 12.5 Å². The van der Waals surface area contributed by atoms with Gasteiger partial charge >= 0.3 is 12.0 Å². The Balaban J connectivity index is 4.04. The molecule has 0 radical (unpaired) electrons. The van der Waals surface area contributed by atoms with Crippen LogP contribution >= 0.6 is 0 Å². The SMILES string of the molecule is CCCCC(CC)CNC(=O)NC(CCO)C(=O)O. The van der Waals surface area contributed by atoms with Crippen LogP contribution in [0.2, 0.25) is 0 Å². The van der Waals surface area contributed by atoms with Crippen molar-refractivity contribution in [1.29, 1.82) is 0 Å². The van der Waals surface area contributed by atoms with E-state index in [0.717, 1.165) is 25.7 Å². The van der Waals surface area contributed by atoms with E-state index < -0.39 is 18.0 Å². The van der Waals surface area contributed by atoms with Gasteiger partial charge in [0.2, 0.25) is 0 Å². The molecule has 6 nitrogen and oxygen atoms in total. The molecule has 2 atom stereocenters. The van der Waals surface area contributed by atoms with Crippen molar-refractivity contribution in [2.75, 3.05) is 13.2 Å². The van der Waals surface area contributed by atoms with Crippen molar-refractivity contribution in [3.05, 3.63) is 0 Å². The van der Waals surface area contributed by atoms with E-state index in [1.54, 1.807) is 0 Å². The molecule has 0 spiro atoms. The fourth-order valence-electron chi connectivity index (χ4n) is 1.78. The minimum atomic E-state index is -1.14. The largest absolute Gasteiger partial charge is 0.480 e. The van der Waals surface area contributed by atoms with E-state index >= 15 is 0 Å². The monoisotopic (exact) mass is 274 g/mol. The maximum atomic E-state index is 11.6. The number of aliphatic hydroxyl groups excluding tert-OH is 1. The lowest BCUT2D eigenvalue weighted by Crippen LogP contribution is -2.47. The fraction of sp³-hybridized carbons (Fsp3) is 0.846. The summed E-state index contributed by atoms with van der Waals surface area (Å²) < 4.78 is 0. The Hall–Kier alpha value is -1.30. The van der Waals surface area contributed by atoms with Gasteiger partial charge in [-0.15, -0.1) is 0 Å². The zero-order valence-corrected chi connectivity index (χ0v) is 11.8. The number of carboxylic acids is 1. The third-order valence-corrected chi connectivity index (χ3v) is 3.12. The normalized spacial score (nSPS) is 13.6. The van der Waals surface area contributed by atoms with Crippen molar-refractivity contribution >= 4 is 12.0 Å². The first-order valence-corrected chi connectivity index (χ1v) is 6.93. The summed E-state index contributed by atoms with van der Waals surface area (Å²) in [5.74, 6) is -0.714. The molecule has 19 heavy (non-hydrogen) atoms. The number of unbranched alkanes of at least 4 members (excludes halogenated alkanes) is 1. The van der Waals surface area contributed by atoms with E-state index in [2.05, 4.69) is 24.5 Å². The number of carbonyl (C=O) groups is 2. The van der Waals surface area contributed by atoms with Crippen molar-refractivity contribution < 1.29 is 19.8 Å². The molecule has 2 unspecified atom stereocenters. The van der Waals surface area contributed by atoms with Crippen molar-refractivity contribution in [3.8, 4) is 0 Å². The number of hydrogen-bond donors (Lipinski definition) is 4. The molecular weight excluding hydrogens is 248 g/mol. The highest BCUT2D eigenvalue weighted by atomic mass is 16.4. The topological polar surface area (TPSA) is 98.7 Å². The predicted octanol–water partition coefficient (Wildman–Crippen LogP) is 1.34. The lowest BCUT2D eigenvalue weighted by Gasteiger charge is -2.18. The summed E-state index contributed by atoms with van der Waals surface area (Å²) in [6, 6.07) is -1.53. The summed E-state index contributed by atoms with van der Waals surface area (Å²) in [6.07, 6.45) is 4.31. The Morgan fingerprint density at radius 1 is 1.21 bits per heavy atom. The maximum absolute atomic E-state index is 11.6. The zero-order chi connectivity index (χ0) is 14.7. The lowest BCUT2D eigenvalue weighted by atomic mass is 9.99. The molecule has 0 aliphatic carbocycles. The third-order valence-electron chi connectivity index (χ3n) is 3.12. The van der Waals surface area contributed by atoms with E-state index in [1.807, 2.05) is 0 Å². The third kappa shape index (κ3) is 8.42. The summed E-state index contributed by atoms with van der Waals surface area (Å²) in [6.45, 7) is 4.48. The van der Waals surface area contributed by atoms with Gasteiger partial charge in [-0.1, -0.05) is 33.1 Å². The molecule has 0 aromatic rings. The Bertz CT molecular complexity index is 271. The molecule has 2 amide bonds. The fourth-order valence-corrected chi connectivity index (χ4v) is 1.78. The standard InChI is InChI=1S/C13H26N2O4/c1-3-5-6-10(4-2)9-14-13(19)15-11(7-8-16)12(17)18/h10-11,16H,3-9H2,1-2H3,(H,17,18)(H2,14,15,19). The smallest absolute Gasteiger partial charge is 0.326 e. The number of nitrogens with one attached hydrogen (secondary N) is 2. The van der Waals surface area contributed by atoms with Crippen LogP contribution in [0.5, 0.6) is 0 Å². The first kappa shape index (κ1) is 17.7. The molecule has 6 heteroatoms. The van der Waals surface area contributed by atoms with Crippen molar-refractivity contribution in [2.45, 2.75) is 52.0 Å². The Morgan fingerprint density at radius 3 is 2.37 bits per heavy atom. The van der Waals surface area contributed by atoms with Crippen molar-refractivity contribution in [3.63, 3.8) is 0 Å². The molecule has 0 saturated heterocycles. The molecule has 0 aromatic heterocycles. The van der Waals surface area contributed by atoms with E-state index in [1.165, 1.54) is 0 Å². The van der Waals surface area contributed by atoms with Crippen molar-refractivity contribution in [2.24, 2.45) is 5.92 Å². The second kappa shape index (κ2) is 10.6. The van der Waals surface area contributed by atoms with Gasteiger partial charge in [0, 0.05) is 19.6 Å². The van der Waals surface area contributed by atoms with Gasteiger partial charge in [0.05, 0.1) is 0 Å². The van der Waals surface area contributed by atoms with Gasteiger partial charge in [-0.05, 0) is 12.3 Å². The zero-order valence-electron chi connectivity index (χ0n) is 11.8. The van der Waals surface area contributed by atoms with Gasteiger partial charge in [-0.2, -0.15) is 0 Å². The molecule has 4 N–H and O–H groups in total. The molecule has 0 rings (SSSR count). The summed E-state index contributed by atoms with van der Waals surface area (Å²) in [4.78, 5) is 22.4. The van der Waals surface area contributed by atoms with E-state index in [9.17, 15) is 9.59 Å². The van der Waals surface area contributed by atoms with E-state index in [4.69, 9.17) is 10.2 Å². The Morgan fingerprint density at radius 2 is 1.89 bits per heavy atom. The number of rotatable bonds is 10. The Labute approximate surface area is 114 Å². The lowest BCUT2D eigenvalue weighted by molar-refractivity contribution is -0.139. The molecule has 0 aromatic carbocycles. The highest BCUT2D eigenvalue weighted by Gasteiger charge is 2.19. The van der Waals surface area contributed by atoms with Gasteiger partial charge in [-0.25, -0.2) is 9.59 Å². The van der Waals surface area contributed by atoms with Crippen LogP contribution < -0.4 is 10.6 Å². The number of urea groups is 1. The van der Waals surface area contributed by atoms with Gasteiger partial charge < -0.3 is 20.8 Å². The molecule has 0 heterocycles. The summed E-state index contributed by atoms with van der Waals surface area (Å²) in [5, 5.41) is 22.6. The van der Waals surface area contributed by atoms with Crippen LogP contribution in [0.1, 0.15) is 46.0 Å². The van der Waals surface area contributed by atoms with Crippen LogP contribution in [-0.4, -0.2) is 41.4 Å². The average molecular weight is 274 g/mol. The number of aliphatic carboxylic acids is 1. The number of aliphatic hydroxyl groups is 1. The average Bonchev–Trinajstić information content (AvgIpc) is 2.38. The first-order chi connectivity index (χ1) is 9.04. The number of carbonyl (C=O) groups excluding carboxylic acids is 1. The highest BCUT2D eigenvalue weighted by Crippen LogP contribution is 2.11. The summed E-state index contributed by atoms with van der Waals surface area (Å²) in [7, 11) is 0. The minimum absolute atomic E-state index is 0.00972. The molecule has 0 saturated carbocycles. The second-order valence-electron chi connectivity index (χ2n) is 4.67. The number of carboxylic acid groups (broad SMARTS) is 1. The molecule has 0 aliphatic heterocycles. The van der Waals surface area contributed by atoms with Gasteiger partial charge in [0.25, 0.3) is 0 Å². The second-order valence-corrected chi connectivity index (χ2v) is 4.67. The predicted molar refractivity (Wildman–Crippen MR) is 73.0 cm³/mol. The number of amides is 2. The number of hydrogen-bond acceptors (Lipinski definition) is 3. The molecule has 0 aliphatic rings. The van der Waals surface area contributed by atoms with Gasteiger partial charge in [0.15, 0.2) is 0 Å². The molecule has 112 valence electrons. The molecular formula is C13H26N2O4. The van der Waals surface area contributed by atoms with Crippen LogP contribution in [0.4, 0.5) is 4.79 Å². The Kier molecular flexibility index (Phi) is 9.88. The minimum Gasteiger partial charge on any atom is -0.480 e. The highest BCUT2D eigenvalue weighted by molar-refractivity contribution is 5.82. The first-order valence-electron chi connectivity index (χ1n) is 6.93. The quantitative estimate of drug-likeness (QED) is 0.483. The summed E-state index contributed by atoms with van der Waals surface area (Å²) >= 11 is 0. The van der Waals surface area contributed by atoms with Crippen LogP contribution in [0.3, 0.4) is 0 Å². The van der Waals surface area contributed by atoms with Crippen LogP contribution in [-0.2, 0) is 4.79 Å². The van der Waals surface area contributed by atoms with Crippen molar-refractivity contribution in [1.82, 2.24) is 10.6 Å². The van der Waals surface area contributed by atoms with E-state index in [-0.39, 0.29) is 13.0 Å². The summed E-state index contributed by atoms with van der Waals surface area (Å²) in [5.41, 5.74) is 0. The van der Waals surface area contributed by atoms with Crippen LogP contribution in [0, 0.1) is 5.92 Å². The van der Waals surface area contributed by atoms with Crippen LogP contribution in [0.25, 0.3) is 0 Å². The molecule has 0 bridgehead atoms. The van der Waals surface area contributed by atoms with Gasteiger partial charge in [0.1, 0.15) is 6.04 Å². The maximum Gasteiger partial charge on any atom is 0.326 e. The van der Waals surface area contributed by atoms with Gasteiger partial charge in [-0.3, -0.25) is 0 Å². The van der Waals surface area contributed by atoms with Crippen LogP contribution in [0.15, 0.2) is 0 Å².